The van der Waals surface area contributed by atoms with Gasteiger partial charge in [0.2, 0.25) is 0 Å². The van der Waals surface area contributed by atoms with Gasteiger partial charge in [-0.3, -0.25) is 4.79 Å². The van der Waals surface area contributed by atoms with E-state index in [4.69, 9.17) is 9.25 Å². The first-order valence-corrected chi connectivity index (χ1v) is 9.04. The summed E-state index contributed by atoms with van der Waals surface area (Å²) in [5.74, 6) is -0.303. The van der Waals surface area contributed by atoms with Crippen molar-refractivity contribution < 1.29 is 18.4 Å². The number of hydrogen-bond donors (Lipinski definition) is 0. The Bertz CT molecular complexity index is 953. The zero-order valence-electron chi connectivity index (χ0n) is 15.1. The van der Waals surface area contributed by atoms with Gasteiger partial charge in [0.25, 0.3) is 5.91 Å². The third-order valence-corrected chi connectivity index (χ3v) is 4.57. The number of rotatable bonds is 6. The Balaban J connectivity index is 1.48. The molecule has 5 nitrogen and oxygen atoms in total. The Morgan fingerprint density at radius 3 is 2.57 bits per heavy atom. The SMILES string of the molecule is O=C(c1ccco1)N(Cc1ccc(F)cc1)C[C@@H]1CC(c2ccccc2)=NO1. The molecule has 1 aromatic heterocycles. The first kappa shape index (κ1) is 18.0. The lowest BCUT2D eigenvalue weighted by Crippen LogP contribution is -2.37. The summed E-state index contributed by atoms with van der Waals surface area (Å²) in [5.41, 5.74) is 2.69. The van der Waals surface area contributed by atoms with Crippen LogP contribution in [0.3, 0.4) is 0 Å². The van der Waals surface area contributed by atoms with Gasteiger partial charge < -0.3 is 14.2 Å². The Morgan fingerprint density at radius 1 is 1.07 bits per heavy atom. The van der Waals surface area contributed by atoms with E-state index >= 15 is 0 Å². The predicted octanol–water partition coefficient (Wildman–Crippen LogP) is 4.25. The molecule has 142 valence electrons. The first-order valence-electron chi connectivity index (χ1n) is 9.04. The Morgan fingerprint density at radius 2 is 1.86 bits per heavy atom. The molecule has 2 aromatic carbocycles. The first-order chi connectivity index (χ1) is 13.7. The van der Waals surface area contributed by atoms with Crippen LogP contribution in [0, 0.1) is 5.82 Å². The number of carbonyl (C=O) groups excluding carboxylic acids is 1. The minimum atomic E-state index is -0.312. The summed E-state index contributed by atoms with van der Waals surface area (Å²) in [6.45, 7) is 0.664. The van der Waals surface area contributed by atoms with E-state index in [1.807, 2.05) is 30.3 Å². The molecule has 0 saturated carbocycles. The van der Waals surface area contributed by atoms with E-state index in [2.05, 4.69) is 5.16 Å². The van der Waals surface area contributed by atoms with Gasteiger partial charge in [-0.2, -0.15) is 0 Å². The van der Waals surface area contributed by atoms with Crippen LogP contribution in [0.1, 0.15) is 28.1 Å². The lowest BCUT2D eigenvalue weighted by atomic mass is 10.0. The summed E-state index contributed by atoms with van der Waals surface area (Å²) < 4.78 is 18.5. The zero-order chi connectivity index (χ0) is 19.3. The van der Waals surface area contributed by atoms with Crippen molar-refractivity contribution in [2.45, 2.75) is 19.1 Å². The van der Waals surface area contributed by atoms with Crippen LogP contribution in [0.2, 0.25) is 0 Å². The molecule has 0 saturated heterocycles. The van der Waals surface area contributed by atoms with Crippen molar-refractivity contribution in [3.05, 3.63) is 95.7 Å². The minimum absolute atomic E-state index is 0.244. The van der Waals surface area contributed by atoms with Crippen LogP contribution >= 0.6 is 0 Å². The molecule has 6 heteroatoms. The summed E-state index contributed by atoms with van der Waals surface area (Å²) >= 11 is 0. The average Bonchev–Trinajstić information content (AvgIpc) is 3.42. The zero-order valence-corrected chi connectivity index (χ0v) is 15.1. The van der Waals surface area contributed by atoms with Crippen molar-refractivity contribution in [1.29, 1.82) is 0 Å². The number of carbonyl (C=O) groups is 1. The number of hydrogen-bond acceptors (Lipinski definition) is 4. The molecule has 4 rings (SSSR count). The highest BCUT2D eigenvalue weighted by molar-refractivity contribution is 6.01. The fraction of sp³-hybridized carbons (Fsp3) is 0.182. The highest BCUT2D eigenvalue weighted by atomic mass is 19.1. The standard InChI is InChI=1S/C22H19FN2O3/c23-18-10-8-16(9-11-18)14-25(22(26)21-7-4-12-27-21)15-19-13-20(24-28-19)17-5-2-1-3-6-17/h1-12,19H,13-15H2/t19-/m0/s1. The summed E-state index contributed by atoms with van der Waals surface area (Å²) in [6.07, 6.45) is 1.82. The van der Waals surface area contributed by atoms with Gasteiger partial charge in [-0.05, 0) is 35.4 Å². The molecule has 0 unspecified atom stereocenters. The Labute approximate surface area is 162 Å². The maximum atomic E-state index is 13.2. The average molecular weight is 378 g/mol. The minimum Gasteiger partial charge on any atom is -0.459 e. The van der Waals surface area contributed by atoms with E-state index in [0.29, 0.717) is 19.5 Å². The van der Waals surface area contributed by atoms with Crippen LogP contribution in [-0.4, -0.2) is 29.2 Å². The molecule has 3 aromatic rings. The molecule has 2 heterocycles. The third-order valence-electron chi connectivity index (χ3n) is 4.57. The molecular weight excluding hydrogens is 359 g/mol. The molecule has 0 N–H and O–H groups in total. The van der Waals surface area contributed by atoms with E-state index < -0.39 is 0 Å². The van der Waals surface area contributed by atoms with Gasteiger partial charge in [-0.1, -0.05) is 47.6 Å². The molecule has 0 spiro atoms. The van der Waals surface area contributed by atoms with Crippen LogP contribution in [0.15, 0.2) is 82.6 Å². The second-order valence-electron chi connectivity index (χ2n) is 6.62. The van der Waals surface area contributed by atoms with E-state index in [1.165, 1.54) is 18.4 Å². The second kappa shape index (κ2) is 8.08. The number of nitrogens with zero attached hydrogens (tertiary/aromatic N) is 2. The maximum Gasteiger partial charge on any atom is 0.289 e. The topological polar surface area (TPSA) is 55.0 Å². The molecule has 1 amide bonds. The number of halogens is 1. The Kier molecular flexibility index (Phi) is 5.19. The normalized spacial score (nSPS) is 15.8. The lowest BCUT2D eigenvalue weighted by Gasteiger charge is -2.24. The van der Waals surface area contributed by atoms with Crippen LogP contribution < -0.4 is 0 Å². The van der Waals surface area contributed by atoms with Gasteiger partial charge in [0.1, 0.15) is 5.82 Å². The van der Waals surface area contributed by atoms with Crippen molar-refractivity contribution >= 4 is 11.6 Å². The fourth-order valence-electron chi connectivity index (χ4n) is 3.16. The van der Waals surface area contributed by atoms with Crippen LogP contribution in [0.5, 0.6) is 0 Å². The number of furan rings is 1. The molecule has 1 aliphatic heterocycles. The molecule has 0 aliphatic carbocycles. The van der Waals surface area contributed by atoms with Crippen LogP contribution in [0.25, 0.3) is 0 Å². The monoisotopic (exact) mass is 378 g/mol. The van der Waals surface area contributed by atoms with Gasteiger partial charge in [-0.15, -0.1) is 0 Å². The van der Waals surface area contributed by atoms with E-state index in [9.17, 15) is 9.18 Å². The summed E-state index contributed by atoms with van der Waals surface area (Å²) in [5, 5.41) is 4.19. The van der Waals surface area contributed by atoms with Crippen molar-refractivity contribution in [3.63, 3.8) is 0 Å². The Hall–Kier alpha value is -3.41. The second-order valence-corrected chi connectivity index (χ2v) is 6.62. The van der Waals surface area contributed by atoms with Crippen molar-refractivity contribution in [3.8, 4) is 0 Å². The number of oxime groups is 1. The fourth-order valence-corrected chi connectivity index (χ4v) is 3.16. The quantitative estimate of drug-likeness (QED) is 0.644. The number of benzene rings is 2. The summed E-state index contributed by atoms with van der Waals surface area (Å²) in [7, 11) is 0. The smallest absolute Gasteiger partial charge is 0.289 e. The van der Waals surface area contributed by atoms with Gasteiger partial charge in [0, 0.05) is 13.0 Å². The van der Waals surface area contributed by atoms with Gasteiger partial charge in [0.05, 0.1) is 18.5 Å². The highest BCUT2D eigenvalue weighted by Crippen LogP contribution is 2.20. The molecule has 1 aliphatic rings. The molecule has 0 radical (unpaired) electrons. The van der Waals surface area contributed by atoms with Crippen molar-refractivity contribution in [2.75, 3.05) is 6.54 Å². The van der Waals surface area contributed by atoms with Gasteiger partial charge in [0.15, 0.2) is 11.9 Å². The summed E-state index contributed by atoms with van der Waals surface area (Å²) in [4.78, 5) is 20.1. The number of amides is 1. The van der Waals surface area contributed by atoms with E-state index in [1.54, 1.807) is 29.2 Å². The highest BCUT2D eigenvalue weighted by Gasteiger charge is 2.28. The summed E-state index contributed by atoms with van der Waals surface area (Å²) in [6, 6.07) is 19.2. The van der Waals surface area contributed by atoms with Crippen molar-refractivity contribution in [2.24, 2.45) is 5.16 Å². The van der Waals surface area contributed by atoms with Gasteiger partial charge >= 0.3 is 0 Å². The van der Waals surface area contributed by atoms with E-state index in [0.717, 1.165) is 16.8 Å². The molecule has 0 bridgehead atoms. The molecule has 28 heavy (non-hydrogen) atoms. The lowest BCUT2D eigenvalue weighted by molar-refractivity contribution is 0.0387. The van der Waals surface area contributed by atoms with Gasteiger partial charge in [-0.25, -0.2) is 4.39 Å². The predicted molar refractivity (Wildman–Crippen MR) is 102 cm³/mol. The third kappa shape index (κ3) is 4.11. The largest absolute Gasteiger partial charge is 0.459 e. The maximum absolute atomic E-state index is 13.2. The van der Waals surface area contributed by atoms with Crippen LogP contribution in [0.4, 0.5) is 4.39 Å². The van der Waals surface area contributed by atoms with Crippen LogP contribution in [-0.2, 0) is 11.4 Å². The molecule has 0 fully saturated rings. The molecular formula is C22H19FN2O3. The van der Waals surface area contributed by atoms with E-state index in [-0.39, 0.29) is 23.6 Å². The van der Waals surface area contributed by atoms with Crippen molar-refractivity contribution in [1.82, 2.24) is 4.90 Å². The molecule has 1 atom stereocenters.